The Kier molecular flexibility index (Phi) is 4.05. The number of amidine groups is 1. The second-order valence-corrected chi connectivity index (χ2v) is 9.36. The first-order valence-electron chi connectivity index (χ1n) is 11.9. The van der Waals surface area contributed by atoms with E-state index in [-0.39, 0.29) is 5.92 Å². The summed E-state index contributed by atoms with van der Waals surface area (Å²) < 4.78 is 9.19. The predicted molar refractivity (Wildman–Crippen MR) is 130 cm³/mol. The first-order valence-corrected chi connectivity index (χ1v) is 11.9. The van der Waals surface area contributed by atoms with Crippen molar-refractivity contribution in [3.05, 3.63) is 83.9 Å². The molecule has 0 N–H and O–H groups in total. The maximum atomic E-state index is 6.56. The van der Waals surface area contributed by atoms with Crippen LogP contribution in [-0.2, 0) is 0 Å². The third-order valence-electron chi connectivity index (χ3n) is 7.60. The fraction of sp³-hybridized carbons (Fsp3) is 0.276. The zero-order valence-corrected chi connectivity index (χ0v) is 18.3. The molecule has 0 saturated carbocycles. The van der Waals surface area contributed by atoms with Crippen LogP contribution in [0.1, 0.15) is 36.3 Å². The molecule has 0 saturated heterocycles. The molecule has 3 aliphatic heterocycles. The van der Waals surface area contributed by atoms with E-state index >= 15 is 0 Å². The first kappa shape index (κ1) is 18.3. The summed E-state index contributed by atoms with van der Waals surface area (Å²) in [5.41, 5.74) is 2.70. The number of rotatable bonds is 2. The summed E-state index contributed by atoms with van der Waals surface area (Å²) in [7, 11) is 0. The summed E-state index contributed by atoms with van der Waals surface area (Å²) in [5, 5.41) is 5.22. The average molecular weight is 420 g/mol. The molecule has 158 valence electrons. The van der Waals surface area contributed by atoms with Crippen molar-refractivity contribution in [2.24, 2.45) is 0 Å². The van der Waals surface area contributed by atoms with Gasteiger partial charge in [0.25, 0.3) is 0 Å². The van der Waals surface area contributed by atoms with E-state index in [2.05, 4.69) is 82.3 Å². The second-order valence-electron chi connectivity index (χ2n) is 9.36. The van der Waals surface area contributed by atoms with E-state index in [1.807, 2.05) is 0 Å². The van der Waals surface area contributed by atoms with Crippen molar-refractivity contribution in [3.63, 3.8) is 0 Å². The van der Waals surface area contributed by atoms with Crippen molar-refractivity contribution in [1.29, 1.82) is 0 Å². The van der Waals surface area contributed by atoms with Gasteiger partial charge in [0.05, 0.1) is 38.5 Å². The third kappa shape index (κ3) is 2.70. The Morgan fingerprint density at radius 2 is 1.38 bits per heavy atom. The average Bonchev–Trinajstić information content (AvgIpc) is 3.33. The highest BCUT2D eigenvalue weighted by molar-refractivity contribution is 5.94. The van der Waals surface area contributed by atoms with Gasteiger partial charge in [0.15, 0.2) is 0 Å². The molecule has 7 rings (SSSR count). The zero-order valence-electron chi connectivity index (χ0n) is 18.3. The molecule has 4 aromatic carbocycles. The number of nitrogens with zero attached hydrogens (tertiary/aromatic N) is 2. The van der Waals surface area contributed by atoms with Gasteiger partial charge in [-0.25, -0.2) is 0 Å². The summed E-state index contributed by atoms with van der Waals surface area (Å²) in [6.45, 7) is 4.61. The van der Waals surface area contributed by atoms with E-state index in [1.54, 1.807) is 5.84 Å². The van der Waals surface area contributed by atoms with E-state index in [4.69, 9.17) is 4.74 Å². The highest BCUT2D eigenvalue weighted by Gasteiger charge is 2.38. The standard InChI is InChI=1S/C29H27N2O/c1-3-9-22-20(7-1)12-14-25-28(22)24(19-31-18-6-17-30-16-5-11-27(30)31)29-23-10-4-2-8-21(23)13-15-26(29)32-25/h1-4,7-10,12-15,24H,5-6,11,16-19H2/q+1. The molecule has 0 spiro atoms. The van der Waals surface area contributed by atoms with Crippen molar-refractivity contribution < 1.29 is 9.31 Å². The number of benzene rings is 4. The van der Waals surface area contributed by atoms with E-state index < -0.39 is 0 Å². The molecular formula is C29H27N2O+. The van der Waals surface area contributed by atoms with E-state index in [1.165, 1.54) is 65.0 Å². The van der Waals surface area contributed by atoms with Crippen LogP contribution >= 0.6 is 0 Å². The summed E-state index contributed by atoms with van der Waals surface area (Å²) in [5.74, 6) is 3.87. The van der Waals surface area contributed by atoms with E-state index in [0.29, 0.717) is 0 Å². The second kappa shape index (κ2) is 7.09. The molecule has 0 fully saturated rings. The van der Waals surface area contributed by atoms with Gasteiger partial charge < -0.3 is 4.74 Å². The largest absolute Gasteiger partial charge is 0.457 e. The third-order valence-corrected chi connectivity index (χ3v) is 7.60. The molecule has 4 aromatic rings. The minimum atomic E-state index is 0.277. The monoisotopic (exact) mass is 419 g/mol. The van der Waals surface area contributed by atoms with Crippen molar-refractivity contribution in [3.8, 4) is 11.5 Å². The quantitative estimate of drug-likeness (QED) is 0.363. The van der Waals surface area contributed by atoms with Gasteiger partial charge in [-0.15, -0.1) is 0 Å². The Morgan fingerprint density at radius 1 is 0.750 bits per heavy atom. The Bertz CT molecular complexity index is 1320. The lowest BCUT2D eigenvalue weighted by molar-refractivity contribution is -0.530. The smallest absolute Gasteiger partial charge is 0.246 e. The molecule has 3 nitrogen and oxygen atoms in total. The lowest BCUT2D eigenvalue weighted by Crippen LogP contribution is -2.43. The lowest BCUT2D eigenvalue weighted by Gasteiger charge is -2.33. The summed E-state index contributed by atoms with van der Waals surface area (Å²) in [6, 6.07) is 26.3. The molecule has 0 atom stereocenters. The normalized spacial score (nSPS) is 17.9. The van der Waals surface area contributed by atoms with Crippen LogP contribution in [0.25, 0.3) is 21.5 Å². The summed E-state index contributed by atoms with van der Waals surface area (Å²) >= 11 is 0. The number of hydrogen-bond acceptors (Lipinski definition) is 2. The van der Waals surface area contributed by atoms with Crippen LogP contribution in [0.4, 0.5) is 0 Å². The fourth-order valence-electron chi connectivity index (χ4n) is 6.21. The SMILES string of the molecule is c1ccc2c3c(ccc2c1)Oc1ccc2ccccc2c1C3CN1CCC[N+]2=C1CCC2. The van der Waals surface area contributed by atoms with Crippen LogP contribution in [0.15, 0.2) is 72.8 Å². The number of fused-ring (bicyclic) bond motifs is 6. The predicted octanol–water partition coefficient (Wildman–Crippen LogP) is 6.14. The molecule has 0 radical (unpaired) electrons. The van der Waals surface area contributed by atoms with Crippen LogP contribution in [0, 0.1) is 0 Å². The maximum absolute atomic E-state index is 6.56. The molecular weight excluding hydrogens is 392 g/mol. The molecule has 0 amide bonds. The van der Waals surface area contributed by atoms with Gasteiger partial charge >= 0.3 is 0 Å². The molecule has 3 aliphatic rings. The molecule has 0 aliphatic carbocycles. The van der Waals surface area contributed by atoms with Crippen LogP contribution in [0.2, 0.25) is 0 Å². The molecule has 3 heteroatoms. The van der Waals surface area contributed by atoms with Crippen molar-refractivity contribution in [1.82, 2.24) is 4.90 Å². The Balaban J connectivity index is 1.47. The summed E-state index contributed by atoms with van der Waals surface area (Å²) in [4.78, 5) is 2.68. The van der Waals surface area contributed by atoms with Gasteiger partial charge in [0.2, 0.25) is 5.84 Å². The highest BCUT2D eigenvalue weighted by Crippen LogP contribution is 2.50. The van der Waals surface area contributed by atoms with Gasteiger partial charge in [-0.3, -0.25) is 9.48 Å². The Morgan fingerprint density at radius 3 is 2.06 bits per heavy atom. The van der Waals surface area contributed by atoms with Gasteiger partial charge in [0.1, 0.15) is 11.5 Å². The van der Waals surface area contributed by atoms with Crippen LogP contribution in [-0.4, -0.2) is 41.5 Å². The number of ether oxygens (including phenoxy) is 1. The minimum Gasteiger partial charge on any atom is -0.457 e. The van der Waals surface area contributed by atoms with Gasteiger partial charge in [0, 0.05) is 17.5 Å². The molecule has 0 aromatic heterocycles. The topological polar surface area (TPSA) is 15.5 Å². The van der Waals surface area contributed by atoms with Crippen LogP contribution < -0.4 is 4.74 Å². The zero-order chi connectivity index (χ0) is 21.1. The minimum absolute atomic E-state index is 0.277. The summed E-state index contributed by atoms with van der Waals surface area (Å²) in [6.07, 6.45) is 3.75. The molecule has 32 heavy (non-hydrogen) atoms. The Hall–Kier alpha value is -3.33. The van der Waals surface area contributed by atoms with Gasteiger partial charge in [-0.2, -0.15) is 0 Å². The highest BCUT2D eigenvalue weighted by atomic mass is 16.5. The number of hydrogen-bond donors (Lipinski definition) is 0. The van der Waals surface area contributed by atoms with Gasteiger partial charge in [-0.05, 0) is 40.1 Å². The van der Waals surface area contributed by atoms with Crippen molar-refractivity contribution in [2.75, 3.05) is 26.2 Å². The fourth-order valence-corrected chi connectivity index (χ4v) is 6.21. The van der Waals surface area contributed by atoms with Crippen molar-refractivity contribution >= 4 is 27.4 Å². The van der Waals surface area contributed by atoms with Crippen molar-refractivity contribution in [2.45, 2.75) is 25.2 Å². The van der Waals surface area contributed by atoms with Crippen LogP contribution in [0.5, 0.6) is 11.5 Å². The Labute approximate surface area is 188 Å². The van der Waals surface area contributed by atoms with Crippen LogP contribution in [0.3, 0.4) is 0 Å². The molecule has 3 heterocycles. The van der Waals surface area contributed by atoms with Gasteiger partial charge in [-0.1, -0.05) is 60.7 Å². The lowest BCUT2D eigenvalue weighted by atomic mass is 9.82. The first-order chi connectivity index (χ1) is 15.9. The maximum Gasteiger partial charge on any atom is 0.246 e. The van der Waals surface area contributed by atoms with E-state index in [9.17, 15) is 0 Å². The molecule has 0 bridgehead atoms. The molecule has 0 unspecified atom stereocenters. The van der Waals surface area contributed by atoms with E-state index in [0.717, 1.165) is 24.6 Å².